The zero-order valence-electron chi connectivity index (χ0n) is 10.1. The standard InChI is InChI=1S/C14H17NS2/c1-11-4-3-5-13(8-11)17-10-14(15-2)12-6-7-16-9-12/h3-9,14-15H,10H2,1-2H3. The molecule has 0 saturated heterocycles. The van der Waals surface area contributed by atoms with Crippen LogP contribution in [0.3, 0.4) is 0 Å². The fourth-order valence-corrected chi connectivity index (χ4v) is 3.58. The van der Waals surface area contributed by atoms with E-state index in [1.54, 1.807) is 11.3 Å². The summed E-state index contributed by atoms with van der Waals surface area (Å²) >= 11 is 3.67. The minimum Gasteiger partial charge on any atom is -0.312 e. The van der Waals surface area contributed by atoms with E-state index in [2.05, 4.69) is 53.3 Å². The van der Waals surface area contributed by atoms with E-state index in [1.807, 2.05) is 18.8 Å². The summed E-state index contributed by atoms with van der Waals surface area (Å²) in [6.07, 6.45) is 0. The molecule has 0 aliphatic carbocycles. The predicted octanol–water partition coefficient (Wildman–Crippen LogP) is 4.11. The van der Waals surface area contributed by atoms with Gasteiger partial charge in [-0.1, -0.05) is 17.7 Å². The van der Waals surface area contributed by atoms with E-state index in [9.17, 15) is 0 Å². The van der Waals surface area contributed by atoms with Crippen molar-refractivity contribution in [3.8, 4) is 0 Å². The van der Waals surface area contributed by atoms with Gasteiger partial charge in [-0.25, -0.2) is 0 Å². The average molecular weight is 263 g/mol. The number of thioether (sulfide) groups is 1. The molecule has 0 fully saturated rings. The molecule has 3 heteroatoms. The molecule has 0 saturated carbocycles. The Morgan fingerprint density at radius 2 is 2.24 bits per heavy atom. The molecule has 1 unspecified atom stereocenters. The molecular formula is C14H17NS2. The second-order valence-corrected chi connectivity index (χ2v) is 5.90. The minimum atomic E-state index is 0.437. The highest BCUT2D eigenvalue weighted by Gasteiger charge is 2.09. The Hall–Kier alpha value is -0.770. The van der Waals surface area contributed by atoms with Gasteiger partial charge in [0.1, 0.15) is 0 Å². The molecule has 0 radical (unpaired) electrons. The Morgan fingerprint density at radius 3 is 2.88 bits per heavy atom. The van der Waals surface area contributed by atoms with Crippen LogP contribution in [0.5, 0.6) is 0 Å². The van der Waals surface area contributed by atoms with Crippen molar-refractivity contribution >= 4 is 23.1 Å². The van der Waals surface area contributed by atoms with Gasteiger partial charge in [-0.15, -0.1) is 11.8 Å². The van der Waals surface area contributed by atoms with E-state index in [4.69, 9.17) is 0 Å². The molecule has 0 amide bonds. The third-order valence-corrected chi connectivity index (χ3v) is 4.49. The lowest BCUT2D eigenvalue weighted by molar-refractivity contribution is 0.664. The van der Waals surface area contributed by atoms with Crippen LogP contribution < -0.4 is 5.32 Å². The number of nitrogens with one attached hydrogen (secondary N) is 1. The monoisotopic (exact) mass is 263 g/mol. The summed E-state index contributed by atoms with van der Waals surface area (Å²) in [6, 6.07) is 11.3. The first-order valence-electron chi connectivity index (χ1n) is 5.68. The molecule has 90 valence electrons. The van der Waals surface area contributed by atoms with Crippen LogP contribution in [0.15, 0.2) is 46.0 Å². The van der Waals surface area contributed by atoms with Gasteiger partial charge in [-0.05, 0) is 48.5 Å². The van der Waals surface area contributed by atoms with Crippen molar-refractivity contribution in [3.63, 3.8) is 0 Å². The molecule has 1 N–H and O–H groups in total. The Bertz CT molecular complexity index is 451. The van der Waals surface area contributed by atoms with Crippen LogP contribution in [0.4, 0.5) is 0 Å². The number of hydrogen-bond donors (Lipinski definition) is 1. The number of rotatable bonds is 5. The number of aryl methyl sites for hydroxylation is 1. The van der Waals surface area contributed by atoms with Crippen molar-refractivity contribution in [2.24, 2.45) is 0 Å². The van der Waals surface area contributed by atoms with E-state index < -0.39 is 0 Å². The van der Waals surface area contributed by atoms with Gasteiger partial charge in [-0.2, -0.15) is 11.3 Å². The molecule has 1 heterocycles. The molecule has 0 bridgehead atoms. The van der Waals surface area contributed by atoms with Crippen LogP contribution in [-0.4, -0.2) is 12.8 Å². The number of thiophene rings is 1. The summed E-state index contributed by atoms with van der Waals surface area (Å²) in [5.74, 6) is 1.07. The summed E-state index contributed by atoms with van der Waals surface area (Å²) in [4.78, 5) is 1.35. The van der Waals surface area contributed by atoms with Crippen LogP contribution in [0.2, 0.25) is 0 Å². The van der Waals surface area contributed by atoms with E-state index in [0.717, 1.165) is 5.75 Å². The van der Waals surface area contributed by atoms with Gasteiger partial charge in [0.25, 0.3) is 0 Å². The third kappa shape index (κ3) is 3.60. The Labute approximate surface area is 111 Å². The highest BCUT2D eigenvalue weighted by atomic mass is 32.2. The van der Waals surface area contributed by atoms with Crippen LogP contribution in [0.1, 0.15) is 17.2 Å². The lowest BCUT2D eigenvalue weighted by Gasteiger charge is -2.14. The maximum Gasteiger partial charge on any atom is 0.0421 e. The molecule has 1 nitrogen and oxygen atoms in total. The van der Waals surface area contributed by atoms with Gasteiger partial charge in [0.05, 0.1) is 0 Å². The first kappa shape index (κ1) is 12.7. The van der Waals surface area contributed by atoms with E-state index in [-0.39, 0.29) is 0 Å². The molecule has 17 heavy (non-hydrogen) atoms. The average Bonchev–Trinajstić information content (AvgIpc) is 2.84. The first-order chi connectivity index (χ1) is 8.29. The molecule has 1 atom stereocenters. The predicted molar refractivity (Wildman–Crippen MR) is 78.0 cm³/mol. The summed E-state index contributed by atoms with van der Waals surface area (Å²) in [6.45, 7) is 2.14. The summed E-state index contributed by atoms with van der Waals surface area (Å²) < 4.78 is 0. The van der Waals surface area contributed by atoms with Crippen molar-refractivity contribution in [2.75, 3.05) is 12.8 Å². The maximum absolute atomic E-state index is 3.38. The fourth-order valence-electron chi connectivity index (χ4n) is 1.70. The zero-order valence-corrected chi connectivity index (χ0v) is 11.8. The topological polar surface area (TPSA) is 12.0 Å². The van der Waals surface area contributed by atoms with E-state index >= 15 is 0 Å². The summed E-state index contributed by atoms with van der Waals surface area (Å²) in [7, 11) is 2.03. The van der Waals surface area contributed by atoms with Gasteiger partial charge >= 0.3 is 0 Å². The highest BCUT2D eigenvalue weighted by molar-refractivity contribution is 7.99. The molecule has 1 aromatic heterocycles. The second kappa shape index (κ2) is 6.24. The summed E-state index contributed by atoms with van der Waals surface area (Å²) in [5.41, 5.74) is 2.71. The fraction of sp³-hybridized carbons (Fsp3) is 0.286. The van der Waals surface area contributed by atoms with Gasteiger partial charge < -0.3 is 5.32 Å². The lowest BCUT2D eigenvalue weighted by atomic mass is 10.2. The smallest absolute Gasteiger partial charge is 0.0421 e. The number of hydrogen-bond acceptors (Lipinski definition) is 3. The quantitative estimate of drug-likeness (QED) is 0.815. The van der Waals surface area contributed by atoms with Crippen LogP contribution >= 0.6 is 23.1 Å². The zero-order chi connectivity index (χ0) is 12.1. The molecule has 0 aliphatic rings. The normalized spacial score (nSPS) is 12.6. The van der Waals surface area contributed by atoms with Crippen LogP contribution in [0, 0.1) is 6.92 Å². The van der Waals surface area contributed by atoms with Crippen molar-refractivity contribution < 1.29 is 0 Å². The van der Waals surface area contributed by atoms with Crippen LogP contribution in [0.25, 0.3) is 0 Å². The van der Waals surface area contributed by atoms with Crippen molar-refractivity contribution in [1.82, 2.24) is 5.32 Å². The highest BCUT2D eigenvalue weighted by Crippen LogP contribution is 2.26. The molecule has 0 aliphatic heterocycles. The minimum absolute atomic E-state index is 0.437. The van der Waals surface area contributed by atoms with Gasteiger partial charge in [0.15, 0.2) is 0 Å². The van der Waals surface area contributed by atoms with Gasteiger partial charge in [0.2, 0.25) is 0 Å². The van der Waals surface area contributed by atoms with Crippen LogP contribution in [-0.2, 0) is 0 Å². The molecule has 2 aromatic rings. The molecule has 0 spiro atoms. The Balaban J connectivity index is 1.97. The maximum atomic E-state index is 3.38. The largest absolute Gasteiger partial charge is 0.312 e. The number of benzene rings is 1. The van der Waals surface area contributed by atoms with Crippen molar-refractivity contribution in [3.05, 3.63) is 52.2 Å². The first-order valence-corrected chi connectivity index (χ1v) is 7.61. The van der Waals surface area contributed by atoms with Crippen molar-refractivity contribution in [1.29, 1.82) is 0 Å². The van der Waals surface area contributed by atoms with Gasteiger partial charge in [-0.3, -0.25) is 0 Å². The van der Waals surface area contributed by atoms with Gasteiger partial charge in [0, 0.05) is 16.7 Å². The Kier molecular flexibility index (Phi) is 4.66. The SMILES string of the molecule is CNC(CSc1cccc(C)c1)c1ccsc1. The van der Waals surface area contributed by atoms with E-state index in [1.165, 1.54) is 16.0 Å². The third-order valence-electron chi connectivity index (χ3n) is 2.70. The molecular weight excluding hydrogens is 246 g/mol. The van der Waals surface area contributed by atoms with E-state index in [0.29, 0.717) is 6.04 Å². The Morgan fingerprint density at radius 1 is 1.35 bits per heavy atom. The lowest BCUT2D eigenvalue weighted by Crippen LogP contribution is -2.17. The summed E-state index contributed by atoms with van der Waals surface area (Å²) in [5, 5.41) is 7.73. The molecule has 1 aromatic carbocycles. The van der Waals surface area contributed by atoms with Crippen molar-refractivity contribution in [2.45, 2.75) is 17.9 Å². The molecule has 2 rings (SSSR count). The second-order valence-electron chi connectivity index (χ2n) is 4.03.